The third-order valence-corrected chi connectivity index (χ3v) is 4.07. The van der Waals surface area contributed by atoms with E-state index < -0.39 is 4.92 Å². The lowest BCUT2D eigenvalue weighted by Gasteiger charge is -2.03. The van der Waals surface area contributed by atoms with Crippen LogP contribution in [0, 0.1) is 10.1 Å². The molecule has 0 unspecified atom stereocenters. The first-order chi connectivity index (χ1) is 12.7. The number of fused-ring (bicyclic) bond motifs is 1. The lowest BCUT2D eigenvalue weighted by Crippen LogP contribution is -2.07. The van der Waals surface area contributed by atoms with E-state index in [1.54, 1.807) is 6.07 Å². The summed E-state index contributed by atoms with van der Waals surface area (Å²) in [5.74, 6) is 0.00615. The number of nitro groups is 1. The van der Waals surface area contributed by atoms with Crippen molar-refractivity contribution >= 4 is 22.7 Å². The van der Waals surface area contributed by atoms with Crippen LogP contribution in [0.4, 0.5) is 5.69 Å². The van der Waals surface area contributed by atoms with Crippen LogP contribution in [0.1, 0.15) is 10.5 Å². The van der Waals surface area contributed by atoms with Crippen LogP contribution in [-0.2, 0) is 0 Å². The van der Waals surface area contributed by atoms with Crippen LogP contribution in [-0.4, -0.2) is 26.0 Å². The van der Waals surface area contributed by atoms with Crippen LogP contribution >= 0.6 is 0 Å². The van der Waals surface area contributed by atoms with Crippen molar-refractivity contribution in [2.45, 2.75) is 0 Å². The Bertz CT molecular complexity index is 1150. The van der Waals surface area contributed by atoms with Crippen molar-refractivity contribution in [3.05, 3.63) is 82.7 Å². The van der Waals surface area contributed by atoms with E-state index in [1.807, 2.05) is 42.5 Å². The normalized spacial score (nSPS) is 10.8. The van der Waals surface area contributed by atoms with Gasteiger partial charge in [-0.3, -0.25) is 14.9 Å². The Morgan fingerprint density at radius 1 is 1.00 bits per heavy atom. The maximum Gasteiger partial charge on any atom is 0.313 e. The standard InChI is InChI=1S/C19H12N4O3/c24-12-16-11-17(15-8-7-13-4-1-2-5-14(13)10-15)21-22(16)19-18(23(25)26)6-3-9-20-19/h1-12H. The molecule has 0 saturated carbocycles. The molecular weight excluding hydrogens is 332 g/mol. The lowest BCUT2D eigenvalue weighted by atomic mass is 10.1. The second-order valence-electron chi connectivity index (χ2n) is 5.65. The maximum absolute atomic E-state index is 11.5. The molecular formula is C19H12N4O3. The predicted octanol–water partition coefficient (Wildman–Crippen LogP) is 3.81. The molecule has 7 heteroatoms. The third-order valence-electron chi connectivity index (χ3n) is 4.07. The van der Waals surface area contributed by atoms with E-state index >= 15 is 0 Å². The van der Waals surface area contributed by atoms with Crippen LogP contribution in [0.15, 0.2) is 66.9 Å². The molecule has 0 aliphatic carbocycles. The predicted molar refractivity (Wildman–Crippen MR) is 96.3 cm³/mol. The Morgan fingerprint density at radius 2 is 1.81 bits per heavy atom. The molecule has 2 heterocycles. The molecule has 0 aliphatic rings. The fourth-order valence-corrected chi connectivity index (χ4v) is 2.83. The van der Waals surface area contributed by atoms with Gasteiger partial charge in [0.15, 0.2) is 6.29 Å². The number of aldehydes is 1. The van der Waals surface area contributed by atoms with Gasteiger partial charge >= 0.3 is 5.69 Å². The van der Waals surface area contributed by atoms with Gasteiger partial charge in [-0.05, 0) is 29.0 Å². The molecule has 0 aliphatic heterocycles. The first-order valence-electron chi connectivity index (χ1n) is 7.81. The number of aromatic nitrogens is 3. The highest BCUT2D eigenvalue weighted by atomic mass is 16.6. The zero-order valence-electron chi connectivity index (χ0n) is 13.4. The Morgan fingerprint density at radius 3 is 2.58 bits per heavy atom. The molecule has 0 N–H and O–H groups in total. The minimum atomic E-state index is -0.547. The fraction of sp³-hybridized carbons (Fsp3) is 0. The molecule has 126 valence electrons. The van der Waals surface area contributed by atoms with Crippen molar-refractivity contribution in [2.75, 3.05) is 0 Å². The number of carbonyl (C=O) groups is 1. The van der Waals surface area contributed by atoms with Crippen LogP contribution in [0.5, 0.6) is 0 Å². The quantitative estimate of drug-likeness (QED) is 0.319. The van der Waals surface area contributed by atoms with Gasteiger partial charge in [-0.25, -0.2) is 9.67 Å². The number of hydrogen-bond acceptors (Lipinski definition) is 5. The zero-order valence-corrected chi connectivity index (χ0v) is 13.4. The number of nitrogens with zero attached hydrogens (tertiary/aromatic N) is 4. The summed E-state index contributed by atoms with van der Waals surface area (Å²) >= 11 is 0. The SMILES string of the molecule is O=Cc1cc(-c2ccc3ccccc3c2)nn1-c1ncccc1[N+](=O)[O-]. The highest BCUT2D eigenvalue weighted by Crippen LogP contribution is 2.27. The highest BCUT2D eigenvalue weighted by Gasteiger charge is 2.20. The molecule has 0 spiro atoms. The van der Waals surface area contributed by atoms with Gasteiger partial charge in [0.25, 0.3) is 0 Å². The van der Waals surface area contributed by atoms with Gasteiger partial charge in [0.05, 0.1) is 10.6 Å². The average Bonchev–Trinajstić information content (AvgIpc) is 3.12. The van der Waals surface area contributed by atoms with Gasteiger partial charge in [0, 0.05) is 17.8 Å². The Balaban J connectivity index is 1.88. The summed E-state index contributed by atoms with van der Waals surface area (Å²) in [5.41, 5.74) is 1.32. The molecule has 0 bridgehead atoms. The van der Waals surface area contributed by atoms with E-state index in [4.69, 9.17) is 0 Å². The van der Waals surface area contributed by atoms with E-state index in [0.717, 1.165) is 16.3 Å². The summed E-state index contributed by atoms with van der Waals surface area (Å²) in [7, 11) is 0. The highest BCUT2D eigenvalue weighted by molar-refractivity contribution is 5.87. The average molecular weight is 344 g/mol. The smallest absolute Gasteiger partial charge is 0.296 e. The Labute approximate surface area is 147 Å². The largest absolute Gasteiger partial charge is 0.313 e. The van der Waals surface area contributed by atoms with E-state index in [1.165, 1.54) is 23.0 Å². The van der Waals surface area contributed by atoms with Crippen molar-refractivity contribution in [1.82, 2.24) is 14.8 Å². The number of rotatable bonds is 4. The zero-order chi connectivity index (χ0) is 18.1. The van der Waals surface area contributed by atoms with Crippen molar-refractivity contribution in [1.29, 1.82) is 0 Å². The lowest BCUT2D eigenvalue weighted by molar-refractivity contribution is -0.384. The molecule has 2 aromatic heterocycles. The Hall–Kier alpha value is -3.87. The molecule has 0 fully saturated rings. The molecule has 0 saturated heterocycles. The Kier molecular flexibility index (Phi) is 3.74. The van der Waals surface area contributed by atoms with Crippen LogP contribution in [0.2, 0.25) is 0 Å². The summed E-state index contributed by atoms with van der Waals surface area (Å²) in [4.78, 5) is 26.2. The van der Waals surface area contributed by atoms with E-state index in [-0.39, 0.29) is 17.2 Å². The van der Waals surface area contributed by atoms with E-state index in [9.17, 15) is 14.9 Å². The number of hydrogen-bond donors (Lipinski definition) is 0. The topological polar surface area (TPSA) is 90.9 Å². The van der Waals surface area contributed by atoms with Gasteiger partial charge in [0.1, 0.15) is 5.69 Å². The van der Waals surface area contributed by atoms with Crippen molar-refractivity contribution in [3.63, 3.8) is 0 Å². The summed E-state index contributed by atoms with van der Waals surface area (Å²) in [6, 6.07) is 18.1. The second-order valence-corrected chi connectivity index (χ2v) is 5.65. The minimum Gasteiger partial charge on any atom is -0.296 e. The fourth-order valence-electron chi connectivity index (χ4n) is 2.83. The minimum absolute atomic E-state index is 0.00615. The first-order valence-corrected chi connectivity index (χ1v) is 7.81. The van der Waals surface area contributed by atoms with Crippen LogP contribution < -0.4 is 0 Å². The van der Waals surface area contributed by atoms with Gasteiger partial charge in [-0.1, -0.05) is 36.4 Å². The summed E-state index contributed by atoms with van der Waals surface area (Å²) in [5, 5.41) is 17.8. The third kappa shape index (κ3) is 2.61. The molecule has 7 nitrogen and oxygen atoms in total. The molecule has 0 atom stereocenters. The molecule has 26 heavy (non-hydrogen) atoms. The van der Waals surface area contributed by atoms with Gasteiger partial charge < -0.3 is 0 Å². The molecule has 2 aromatic carbocycles. The summed E-state index contributed by atoms with van der Waals surface area (Å²) < 4.78 is 1.20. The number of pyridine rings is 1. The molecule has 4 rings (SSSR count). The number of carbonyl (C=O) groups excluding carboxylic acids is 1. The molecule has 0 radical (unpaired) electrons. The van der Waals surface area contributed by atoms with Gasteiger partial charge in [-0.15, -0.1) is 0 Å². The van der Waals surface area contributed by atoms with Gasteiger partial charge in [0.2, 0.25) is 5.82 Å². The van der Waals surface area contributed by atoms with E-state index in [2.05, 4.69) is 10.1 Å². The van der Waals surface area contributed by atoms with Crippen molar-refractivity contribution in [3.8, 4) is 17.1 Å². The van der Waals surface area contributed by atoms with E-state index in [0.29, 0.717) is 12.0 Å². The van der Waals surface area contributed by atoms with Crippen LogP contribution in [0.25, 0.3) is 27.8 Å². The molecule has 4 aromatic rings. The second kappa shape index (κ2) is 6.21. The first kappa shape index (κ1) is 15.6. The summed E-state index contributed by atoms with van der Waals surface area (Å²) in [6.45, 7) is 0. The maximum atomic E-state index is 11.5. The van der Waals surface area contributed by atoms with Crippen molar-refractivity contribution in [2.24, 2.45) is 0 Å². The van der Waals surface area contributed by atoms with Crippen LogP contribution in [0.3, 0.4) is 0 Å². The monoisotopic (exact) mass is 344 g/mol. The van der Waals surface area contributed by atoms with Crippen molar-refractivity contribution < 1.29 is 9.72 Å². The molecule has 0 amide bonds. The summed E-state index contributed by atoms with van der Waals surface area (Å²) in [6.07, 6.45) is 2.03. The number of benzene rings is 2. The van der Waals surface area contributed by atoms with Gasteiger partial charge in [-0.2, -0.15) is 5.10 Å².